The molecule has 5 aromatic rings. The lowest BCUT2D eigenvalue weighted by atomic mass is 9.68. The molecule has 3 aliphatic carbocycles. The first-order valence-corrected chi connectivity index (χ1v) is 49.4. The van der Waals surface area contributed by atoms with E-state index < -0.39 is 53.5 Å². The van der Waals surface area contributed by atoms with Crippen LogP contribution in [0.1, 0.15) is 303 Å². The molecule has 4 aliphatic rings. The topological polar surface area (TPSA) is 367 Å². The van der Waals surface area contributed by atoms with Crippen molar-refractivity contribution >= 4 is 136 Å². The van der Waals surface area contributed by atoms with Gasteiger partial charge in [-0.25, -0.2) is 19.6 Å². The number of benzene rings is 4. The Balaban J connectivity index is 0. The van der Waals surface area contributed by atoms with Crippen LogP contribution in [-0.4, -0.2) is 185 Å². The monoisotopic (exact) mass is 2010 g/mol. The number of amides is 4. The first-order chi connectivity index (χ1) is 62.1. The fourth-order valence-electron chi connectivity index (χ4n) is 16.6. The molecule has 10 N–H and O–H groups in total. The maximum Gasteiger partial charge on any atom is 0.408 e. The number of fused-ring (bicyclic) bond motifs is 1. The molecule has 135 heavy (non-hydrogen) atoms. The van der Waals surface area contributed by atoms with Crippen molar-refractivity contribution in [3.8, 4) is 0 Å². The van der Waals surface area contributed by atoms with Gasteiger partial charge in [0.15, 0.2) is 0 Å². The van der Waals surface area contributed by atoms with Gasteiger partial charge in [-0.15, -0.1) is 42.3 Å². The van der Waals surface area contributed by atoms with Gasteiger partial charge >= 0.3 is 18.2 Å². The Morgan fingerprint density at radius 1 is 0.533 bits per heavy atom. The van der Waals surface area contributed by atoms with Crippen LogP contribution < -0.4 is 32.7 Å². The second kappa shape index (κ2) is 69.7. The number of carbonyl (C=O) groups excluding carboxylic acids is 7. The van der Waals surface area contributed by atoms with Crippen molar-refractivity contribution in [2.45, 2.75) is 315 Å². The number of ether oxygens (including phenoxy) is 3. The van der Waals surface area contributed by atoms with E-state index in [1.807, 2.05) is 79.7 Å². The smallest absolute Gasteiger partial charge is 0.408 e. The molecule has 0 radical (unpaired) electrons. The Labute approximate surface area is 843 Å². The number of carboxylic acids is 1. The summed E-state index contributed by atoms with van der Waals surface area (Å²) in [6, 6.07) is 29.0. The van der Waals surface area contributed by atoms with Gasteiger partial charge in [-0.2, -0.15) is 0 Å². The van der Waals surface area contributed by atoms with Crippen molar-refractivity contribution < 1.29 is 62.9 Å². The molecule has 2 heterocycles. The van der Waals surface area contributed by atoms with Gasteiger partial charge in [0, 0.05) is 77.9 Å². The average molecular weight is 2010 g/mol. The lowest BCUT2D eigenvalue weighted by Crippen LogP contribution is -2.47. The van der Waals surface area contributed by atoms with Crippen molar-refractivity contribution in [3.05, 3.63) is 129 Å². The first-order valence-electron chi connectivity index (χ1n) is 48.3. The molecule has 4 fully saturated rings. The number of aliphatic imine (C=N–C) groups is 2. The van der Waals surface area contributed by atoms with Gasteiger partial charge in [0.1, 0.15) is 51.7 Å². The van der Waals surface area contributed by atoms with E-state index in [0.29, 0.717) is 129 Å². The number of aliphatic carboxylic acids is 1. The van der Waals surface area contributed by atoms with Crippen molar-refractivity contribution in [1.82, 2.24) is 46.2 Å². The Morgan fingerprint density at radius 3 is 1.24 bits per heavy atom. The summed E-state index contributed by atoms with van der Waals surface area (Å²) in [5.41, 5.74) is 14.6. The van der Waals surface area contributed by atoms with Crippen LogP contribution in [0.3, 0.4) is 0 Å². The van der Waals surface area contributed by atoms with E-state index in [-0.39, 0.29) is 84.7 Å². The second-order valence-electron chi connectivity index (χ2n) is 39.0. The number of hydrogen-bond acceptors (Lipinski definition) is 20. The molecule has 26 nitrogen and oxygen atoms in total. The number of rotatable bonds is 33. The summed E-state index contributed by atoms with van der Waals surface area (Å²) in [5.74, 6) is 4.48. The van der Waals surface area contributed by atoms with Gasteiger partial charge in [0.05, 0.1) is 30.7 Å². The number of halogens is 6. The van der Waals surface area contributed by atoms with Crippen LogP contribution in [0.15, 0.2) is 107 Å². The fourth-order valence-corrected chi connectivity index (χ4v) is 17.4. The number of carboxylic acid groups (broad SMARTS) is 1. The number of para-hydroxylation sites is 1. The molecule has 15 atom stereocenters. The van der Waals surface area contributed by atoms with E-state index in [9.17, 15) is 38.4 Å². The number of aromatic nitrogens is 3. The number of hydrogen-bond donors (Lipinski definition) is 8. The summed E-state index contributed by atoms with van der Waals surface area (Å²) < 4.78 is 15.0. The summed E-state index contributed by atoms with van der Waals surface area (Å²) in [6.07, 6.45) is 15.3. The van der Waals surface area contributed by atoms with Gasteiger partial charge in [0.2, 0.25) is 11.8 Å². The van der Waals surface area contributed by atoms with Crippen molar-refractivity contribution in [1.29, 1.82) is 0 Å². The van der Waals surface area contributed by atoms with Crippen LogP contribution in [0, 0.1) is 71.0 Å². The summed E-state index contributed by atoms with van der Waals surface area (Å²) >= 11 is 19.0. The maximum atomic E-state index is 13.4. The largest absolute Gasteiger partial charge is 0.480 e. The normalized spacial score (nSPS) is 19.6. The fraction of sp³-hybridized carbons (Fsp3) is 0.680. The molecular formula is C103H171Cl6N13O13. The van der Waals surface area contributed by atoms with E-state index in [1.165, 1.54) is 65.1 Å². The van der Waals surface area contributed by atoms with Crippen LogP contribution in [0.2, 0.25) is 15.1 Å². The van der Waals surface area contributed by atoms with E-state index in [2.05, 4.69) is 155 Å². The first kappa shape index (κ1) is 130. The SMILES string of the molecule is C1CCOC1.CC(C)[C@@H]1CC[C@@H](C)C[C@H]1C(=O)CC[C@@H](N)c1ccccc1Cl.CC(C)[C@@H]1CC[C@@H](C)C[C@H]1C(=O)CC[C@@H](NC(=O)[C@H](C)N)c1ccccc1Cl.CC(C)[C@@H]1CC[C@@H](C)C[C@H]1C(=O)CC[C@@H](NC(=O)[C@H](C)NC(=O)OC(C)(C)C)c1ccccc1Cl.CCN(CC)CC.CCN=C=NCCCN(C)C.C[C@H](NC(=O)OC(C)(C)C)C(=O)O.Cl.Cl.Cl.On1nnc2ccccc21. The molecule has 3 saturated carbocycles. The van der Waals surface area contributed by atoms with Gasteiger partial charge in [-0.3, -0.25) is 28.8 Å². The van der Waals surface area contributed by atoms with E-state index in [0.717, 1.165) is 92.9 Å². The minimum Gasteiger partial charge on any atom is -0.480 e. The Morgan fingerprint density at radius 2 is 0.904 bits per heavy atom. The molecule has 1 aliphatic heterocycles. The standard InChI is InChI=1S/C28H43ClN2O4.C23H35ClN2O2.C20H30ClNO.C8H17N3.C8H15NO4.C6H5N3O.C6H15N.C4H8O.3ClH/c1-17(2)20-13-12-18(3)16-22(20)25(32)15-14-24(21-10-8-9-11-23(21)29)31-26(33)19(4)30-27(34)35-28(5,6)7;1-14(2)17-10-9-15(3)13-19(17)22(27)12-11-21(26-23(28)16(4)25)18-7-5-6-8-20(18)24;1-13(2)15-9-8-14(3)12-17(15)20(23)11-10-19(22)16-6-4-5-7-18(16)21;1-4-9-8-10-6-5-7-11(2)3;1-5(6(10)11)9-7(12)13-8(2,3)4;10-9-6-4-2-1-3-5(6)7-8-9;1-4-7(5-2)6-3;1-2-4-5-3-1;;;/h8-11,17-20,22,24H,12-16H2,1-7H3,(H,30,34)(H,31,33);5-8,14-17,19,21H,9-13,25H2,1-4H3,(H,26,28);4-7,13-15,17,19H,8-12,22H2,1-3H3;4-7H2,1-3H3;5H,1-4H3,(H,9,12)(H,10,11);1-4,10H;4-6H2,1-3H3;1-4H2;3*1H/t18-,19+,20+,22-,24-;15-,16+,17+,19-,21-;14-,15+,17-,19-;;5-;;;;;;/m111.0....../s1. The Bertz CT molecular complexity index is 4230. The number of carbonyl (C=O) groups is 8. The van der Waals surface area contributed by atoms with Crippen LogP contribution in [0.4, 0.5) is 9.59 Å². The summed E-state index contributed by atoms with van der Waals surface area (Å²) in [7, 11) is 4.12. The highest BCUT2D eigenvalue weighted by Crippen LogP contribution is 2.43. The number of Topliss-reactive ketones (excluding diaryl/α,β-unsaturated/α-hetero) is 3. The second-order valence-corrected chi connectivity index (χ2v) is 40.2. The molecule has 768 valence electrons. The highest BCUT2D eigenvalue weighted by atomic mass is 35.5. The molecule has 1 saturated heterocycles. The third kappa shape index (κ3) is 53.2. The van der Waals surface area contributed by atoms with Crippen LogP contribution in [-0.2, 0) is 43.0 Å². The van der Waals surface area contributed by atoms with E-state index in [4.69, 9.17) is 70.8 Å². The minimum atomic E-state index is -1.09. The summed E-state index contributed by atoms with van der Waals surface area (Å²) in [4.78, 5) is 111. The molecule has 0 unspecified atom stereocenters. The number of nitrogens with zero attached hydrogens (tertiary/aromatic N) is 7. The highest BCUT2D eigenvalue weighted by Gasteiger charge is 2.39. The van der Waals surface area contributed by atoms with Gasteiger partial charge in [0.25, 0.3) is 0 Å². The predicted molar refractivity (Wildman–Crippen MR) is 558 cm³/mol. The molecular weight excluding hydrogens is 1840 g/mol. The molecule has 0 bridgehead atoms. The molecule has 0 spiro atoms. The van der Waals surface area contributed by atoms with Crippen molar-refractivity contribution in [3.63, 3.8) is 0 Å². The number of nitrogens with one attached hydrogen (secondary N) is 4. The van der Waals surface area contributed by atoms with E-state index >= 15 is 0 Å². The zero-order valence-electron chi connectivity index (χ0n) is 85.5. The summed E-state index contributed by atoms with van der Waals surface area (Å²) in [5, 5.41) is 37.1. The summed E-state index contributed by atoms with van der Waals surface area (Å²) in [6.45, 7) is 51.9. The zero-order chi connectivity index (χ0) is 99.5. The molecule has 4 aromatic carbocycles. The van der Waals surface area contributed by atoms with Crippen LogP contribution in [0.5, 0.6) is 0 Å². The van der Waals surface area contributed by atoms with Crippen molar-refractivity contribution in [2.75, 3.05) is 66.6 Å². The van der Waals surface area contributed by atoms with E-state index in [1.54, 1.807) is 79.7 Å². The third-order valence-electron chi connectivity index (χ3n) is 24.2. The Kier molecular flexibility index (Phi) is 67.2. The van der Waals surface area contributed by atoms with Gasteiger partial charge in [-0.1, -0.05) is 209 Å². The molecule has 1 aromatic heterocycles. The lowest BCUT2D eigenvalue weighted by Gasteiger charge is -2.36. The van der Waals surface area contributed by atoms with Crippen LogP contribution >= 0.6 is 72.0 Å². The molecule has 9 rings (SSSR count). The van der Waals surface area contributed by atoms with Crippen molar-refractivity contribution in [2.24, 2.45) is 92.5 Å². The maximum absolute atomic E-state index is 13.4. The Hall–Kier alpha value is -7.04. The quantitative estimate of drug-likeness (QED) is 0.0110. The highest BCUT2D eigenvalue weighted by molar-refractivity contribution is 6.32. The van der Waals surface area contributed by atoms with Crippen LogP contribution in [0.25, 0.3) is 11.0 Å². The molecule has 32 heteroatoms. The van der Waals surface area contributed by atoms with Gasteiger partial charge < -0.3 is 67.1 Å². The average Bonchev–Trinajstić information content (AvgIpc) is 1.69. The number of alkyl carbamates (subject to hydrolysis) is 2. The van der Waals surface area contributed by atoms with Gasteiger partial charge in [-0.05, 0) is 292 Å². The third-order valence-corrected chi connectivity index (χ3v) is 25.2. The lowest BCUT2D eigenvalue weighted by molar-refractivity contribution is -0.139. The number of ketones is 3. The predicted octanol–water partition coefficient (Wildman–Crippen LogP) is 23.0. The minimum absolute atomic E-state index is 0. The molecule has 4 amide bonds. The zero-order valence-corrected chi connectivity index (χ0v) is 90.3. The number of nitrogens with two attached hydrogens (primary N) is 2.